The monoisotopic (exact) mass is 485 g/mol. The molecule has 1 amide bonds. The van der Waals surface area contributed by atoms with Gasteiger partial charge in [-0.05, 0) is 58.2 Å². The molecule has 1 saturated heterocycles. The van der Waals surface area contributed by atoms with Gasteiger partial charge in [0.15, 0.2) is 0 Å². The number of aryl methyl sites for hydroxylation is 1. The van der Waals surface area contributed by atoms with Crippen molar-refractivity contribution in [3.05, 3.63) is 70.8 Å². The summed E-state index contributed by atoms with van der Waals surface area (Å²) in [5.41, 5.74) is 1.86. The van der Waals surface area contributed by atoms with E-state index in [0.29, 0.717) is 35.9 Å². The molecule has 1 aromatic heterocycles. The van der Waals surface area contributed by atoms with E-state index >= 15 is 4.39 Å². The number of anilines is 2. The van der Waals surface area contributed by atoms with Gasteiger partial charge in [0.1, 0.15) is 17.5 Å². The molecule has 0 unspecified atom stereocenters. The van der Waals surface area contributed by atoms with E-state index < -0.39 is 17.5 Å². The van der Waals surface area contributed by atoms with E-state index in [1.54, 1.807) is 25.4 Å². The predicted octanol–water partition coefficient (Wildman–Crippen LogP) is 5.16. The van der Waals surface area contributed by atoms with Crippen molar-refractivity contribution in [3.8, 4) is 11.1 Å². The Morgan fingerprint density at radius 1 is 1.09 bits per heavy atom. The summed E-state index contributed by atoms with van der Waals surface area (Å²) >= 11 is 6.11. The first-order valence-corrected chi connectivity index (χ1v) is 11.4. The number of aromatic nitrogens is 2. The molecule has 34 heavy (non-hydrogen) atoms. The Morgan fingerprint density at radius 2 is 1.74 bits per heavy atom. The summed E-state index contributed by atoms with van der Waals surface area (Å²) in [6.45, 7) is 7.28. The lowest BCUT2D eigenvalue weighted by atomic mass is 10.0. The van der Waals surface area contributed by atoms with Crippen LogP contribution < -0.4 is 10.2 Å². The second-order valence-corrected chi connectivity index (χ2v) is 9.12. The summed E-state index contributed by atoms with van der Waals surface area (Å²) in [4.78, 5) is 25.7. The predicted molar refractivity (Wildman–Crippen MR) is 130 cm³/mol. The van der Waals surface area contributed by atoms with E-state index in [4.69, 9.17) is 11.6 Å². The molecule has 0 radical (unpaired) electrons. The van der Waals surface area contributed by atoms with Crippen molar-refractivity contribution in [2.24, 2.45) is 0 Å². The summed E-state index contributed by atoms with van der Waals surface area (Å²) in [5.74, 6) is -0.926. The molecule has 0 aliphatic carbocycles. The number of halogens is 3. The molecule has 3 aromatic rings. The Balaban J connectivity index is 1.78. The van der Waals surface area contributed by atoms with Crippen LogP contribution in [0.25, 0.3) is 11.1 Å². The van der Waals surface area contributed by atoms with E-state index in [2.05, 4.69) is 46.0 Å². The van der Waals surface area contributed by atoms with Gasteiger partial charge in [0.05, 0.1) is 22.0 Å². The van der Waals surface area contributed by atoms with Crippen molar-refractivity contribution in [3.63, 3.8) is 0 Å². The van der Waals surface area contributed by atoms with Gasteiger partial charge in [-0.15, -0.1) is 0 Å². The zero-order chi connectivity index (χ0) is 24.6. The molecule has 1 N–H and O–H groups in total. The molecule has 1 aliphatic rings. The number of carbonyl (C=O) groups excluding carboxylic acids is 1. The van der Waals surface area contributed by atoms with Gasteiger partial charge in [-0.2, -0.15) is 0 Å². The molecule has 9 heteroatoms. The fraction of sp³-hybridized carbons (Fsp3) is 0.320. The summed E-state index contributed by atoms with van der Waals surface area (Å²) in [7, 11) is 2.06. The molecule has 1 fully saturated rings. The first-order chi connectivity index (χ1) is 16.1. The number of rotatable bonds is 4. The van der Waals surface area contributed by atoms with Crippen molar-refractivity contribution >= 4 is 28.9 Å². The smallest absolute Gasteiger partial charge is 0.257 e. The number of nitrogens with zero attached hydrogens (tertiary/aromatic N) is 4. The van der Waals surface area contributed by atoms with E-state index in [1.807, 2.05) is 0 Å². The Kier molecular flexibility index (Phi) is 6.81. The van der Waals surface area contributed by atoms with E-state index in [9.17, 15) is 9.18 Å². The molecule has 0 spiro atoms. The van der Waals surface area contributed by atoms with Crippen LogP contribution in [0.5, 0.6) is 0 Å². The van der Waals surface area contributed by atoms with Gasteiger partial charge in [-0.3, -0.25) is 9.69 Å². The third-order valence-corrected chi connectivity index (χ3v) is 6.61. The quantitative estimate of drug-likeness (QED) is 0.552. The molecule has 4 rings (SSSR count). The van der Waals surface area contributed by atoms with Crippen LogP contribution in [0.3, 0.4) is 0 Å². The van der Waals surface area contributed by atoms with Crippen molar-refractivity contribution in [1.29, 1.82) is 0 Å². The van der Waals surface area contributed by atoms with Crippen molar-refractivity contribution < 1.29 is 13.6 Å². The highest BCUT2D eigenvalue weighted by molar-refractivity contribution is 6.34. The summed E-state index contributed by atoms with van der Waals surface area (Å²) in [6.07, 6.45) is 3.09. The second-order valence-electron chi connectivity index (χ2n) is 8.71. The maximum absolute atomic E-state index is 15.3. The number of likely N-dealkylation sites (N-methyl/N-ethyl adjacent to an activating group) is 1. The minimum absolute atomic E-state index is 0.00448. The number of amides is 1. The number of hydrogen-bond donors (Lipinski definition) is 1. The van der Waals surface area contributed by atoms with Gasteiger partial charge in [-0.25, -0.2) is 18.7 Å². The average Bonchev–Trinajstić information content (AvgIpc) is 2.78. The van der Waals surface area contributed by atoms with E-state index in [0.717, 1.165) is 6.07 Å². The van der Waals surface area contributed by atoms with Gasteiger partial charge in [0.2, 0.25) is 0 Å². The van der Waals surface area contributed by atoms with Crippen LogP contribution >= 0.6 is 11.6 Å². The average molecular weight is 486 g/mol. The van der Waals surface area contributed by atoms with Crippen molar-refractivity contribution in [1.82, 2.24) is 14.9 Å². The molecule has 6 nitrogen and oxygen atoms in total. The minimum atomic E-state index is -0.536. The molecule has 1 aliphatic heterocycles. The lowest BCUT2D eigenvalue weighted by Gasteiger charge is -2.44. The lowest BCUT2D eigenvalue weighted by molar-refractivity contribution is 0.102. The van der Waals surface area contributed by atoms with Crippen LogP contribution in [0, 0.1) is 18.6 Å². The van der Waals surface area contributed by atoms with Crippen LogP contribution in [-0.4, -0.2) is 53.0 Å². The fourth-order valence-electron chi connectivity index (χ4n) is 4.14. The van der Waals surface area contributed by atoms with Crippen LogP contribution in [0.1, 0.15) is 30.0 Å². The zero-order valence-electron chi connectivity index (χ0n) is 19.4. The third kappa shape index (κ3) is 4.88. The second kappa shape index (κ2) is 9.64. The molecule has 2 atom stereocenters. The number of carbonyl (C=O) groups is 1. The number of nitrogens with one attached hydrogen (secondary N) is 1. The molecular formula is C25H26ClF2N5O. The molecule has 0 saturated carbocycles. The normalized spacial score (nSPS) is 18.7. The topological polar surface area (TPSA) is 61.4 Å². The van der Waals surface area contributed by atoms with Crippen LogP contribution in [0.15, 0.2) is 42.7 Å². The van der Waals surface area contributed by atoms with Crippen LogP contribution in [-0.2, 0) is 0 Å². The van der Waals surface area contributed by atoms with Gasteiger partial charge >= 0.3 is 0 Å². The van der Waals surface area contributed by atoms with Crippen molar-refractivity contribution in [2.75, 3.05) is 30.4 Å². The third-order valence-electron chi connectivity index (χ3n) is 6.30. The molecule has 2 heterocycles. The van der Waals surface area contributed by atoms with Crippen molar-refractivity contribution in [2.45, 2.75) is 32.9 Å². The Labute approximate surface area is 202 Å². The standard InChI is InChI=1S/C25H26ClF2N5O/c1-14-12-33(13-15(2)32(14)4)24-9-22(28)20(17-10-29-16(3)30-11-17)8-23(24)31-25(34)19-6-5-18(27)7-21(19)26/h5-11,14-15H,12-13H2,1-4H3,(H,31,34)/t14-,15+. The van der Waals surface area contributed by atoms with Crippen LogP contribution in [0.2, 0.25) is 5.02 Å². The van der Waals surface area contributed by atoms with Crippen LogP contribution in [0.4, 0.5) is 20.2 Å². The number of benzene rings is 2. The highest BCUT2D eigenvalue weighted by atomic mass is 35.5. The minimum Gasteiger partial charge on any atom is -0.367 e. The summed E-state index contributed by atoms with van der Waals surface area (Å²) < 4.78 is 28.8. The first kappa shape index (κ1) is 24.0. The molecule has 0 bridgehead atoms. The van der Waals surface area contributed by atoms with Gasteiger partial charge < -0.3 is 10.2 Å². The fourth-order valence-corrected chi connectivity index (χ4v) is 4.39. The molecule has 178 valence electrons. The molecular weight excluding hydrogens is 460 g/mol. The highest BCUT2D eigenvalue weighted by Crippen LogP contribution is 2.36. The Bertz CT molecular complexity index is 1210. The Hall–Kier alpha value is -3.10. The maximum atomic E-state index is 15.3. The lowest BCUT2D eigenvalue weighted by Crippen LogP contribution is -2.55. The molecule has 2 aromatic carbocycles. The summed E-state index contributed by atoms with van der Waals surface area (Å²) in [5, 5.41) is 2.86. The Morgan fingerprint density at radius 3 is 2.35 bits per heavy atom. The van der Waals surface area contributed by atoms with E-state index in [1.165, 1.54) is 18.2 Å². The number of hydrogen-bond acceptors (Lipinski definition) is 5. The first-order valence-electron chi connectivity index (χ1n) is 11.0. The maximum Gasteiger partial charge on any atom is 0.257 e. The zero-order valence-corrected chi connectivity index (χ0v) is 20.2. The van der Waals surface area contributed by atoms with Gasteiger partial charge in [0, 0.05) is 48.7 Å². The van der Waals surface area contributed by atoms with Gasteiger partial charge in [-0.1, -0.05) is 11.6 Å². The summed E-state index contributed by atoms with van der Waals surface area (Å²) in [6, 6.07) is 7.06. The van der Waals surface area contributed by atoms with Gasteiger partial charge in [0.25, 0.3) is 5.91 Å². The number of piperazine rings is 1. The SMILES string of the molecule is Cc1ncc(-c2cc(NC(=O)c3ccc(F)cc3Cl)c(N3C[C@@H](C)N(C)[C@@H](C)C3)cc2F)cn1. The highest BCUT2D eigenvalue weighted by Gasteiger charge is 2.29. The van der Waals surface area contributed by atoms with E-state index in [-0.39, 0.29) is 28.2 Å². The largest absolute Gasteiger partial charge is 0.367 e.